The number of aliphatic imine (C=N–C) groups is 1. The molecular formula is C24H24N2O2. The fourth-order valence-electron chi connectivity index (χ4n) is 3.14. The molecule has 0 saturated carbocycles. The van der Waals surface area contributed by atoms with Gasteiger partial charge in [-0.15, -0.1) is 0 Å². The Bertz CT molecular complexity index is 928. The SMILES string of the molecule is Cc1ccccc1Oc1ccc(N=Cc2ccc(N3CCOCC3)cc2)cc1. The molecule has 1 saturated heterocycles. The summed E-state index contributed by atoms with van der Waals surface area (Å²) in [5.74, 6) is 1.68. The largest absolute Gasteiger partial charge is 0.457 e. The molecule has 0 bridgehead atoms. The molecule has 0 unspecified atom stereocenters. The third kappa shape index (κ3) is 4.59. The molecular weight excluding hydrogens is 348 g/mol. The van der Waals surface area contributed by atoms with Crippen LogP contribution in [0.5, 0.6) is 11.5 Å². The van der Waals surface area contributed by atoms with E-state index in [2.05, 4.69) is 34.2 Å². The van der Waals surface area contributed by atoms with Crippen LogP contribution in [0.25, 0.3) is 0 Å². The average molecular weight is 372 g/mol. The van der Waals surface area contributed by atoms with Gasteiger partial charge in [0.1, 0.15) is 11.5 Å². The van der Waals surface area contributed by atoms with Gasteiger partial charge < -0.3 is 14.4 Å². The summed E-state index contributed by atoms with van der Waals surface area (Å²) in [6.07, 6.45) is 1.89. The van der Waals surface area contributed by atoms with Crippen molar-refractivity contribution in [3.05, 3.63) is 83.9 Å². The van der Waals surface area contributed by atoms with Gasteiger partial charge in [-0.2, -0.15) is 0 Å². The predicted molar refractivity (Wildman–Crippen MR) is 114 cm³/mol. The van der Waals surface area contributed by atoms with E-state index in [1.165, 1.54) is 5.69 Å². The second kappa shape index (κ2) is 8.72. The number of hydrogen-bond acceptors (Lipinski definition) is 4. The molecule has 0 amide bonds. The highest BCUT2D eigenvalue weighted by molar-refractivity contribution is 5.82. The van der Waals surface area contributed by atoms with Crippen molar-refractivity contribution in [2.75, 3.05) is 31.2 Å². The van der Waals surface area contributed by atoms with Crippen LogP contribution < -0.4 is 9.64 Å². The van der Waals surface area contributed by atoms with E-state index in [1.54, 1.807) is 0 Å². The van der Waals surface area contributed by atoms with Gasteiger partial charge in [-0.05, 0) is 60.5 Å². The van der Waals surface area contributed by atoms with E-state index in [0.717, 1.165) is 54.6 Å². The molecule has 1 aliphatic heterocycles. The highest BCUT2D eigenvalue weighted by atomic mass is 16.5. The summed E-state index contributed by atoms with van der Waals surface area (Å²) < 4.78 is 11.3. The van der Waals surface area contributed by atoms with Crippen molar-refractivity contribution in [2.24, 2.45) is 4.99 Å². The molecule has 0 aromatic heterocycles. The second-order valence-electron chi connectivity index (χ2n) is 6.81. The van der Waals surface area contributed by atoms with Gasteiger partial charge in [-0.25, -0.2) is 0 Å². The summed E-state index contributed by atoms with van der Waals surface area (Å²) in [4.78, 5) is 6.92. The Hall–Kier alpha value is -3.11. The molecule has 0 atom stereocenters. The Morgan fingerprint density at radius 3 is 2.32 bits per heavy atom. The maximum atomic E-state index is 5.93. The lowest BCUT2D eigenvalue weighted by Gasteiger charge is -2.28. The first-order chi connectivity index (χ1) is 13.8. The Balaban J connectivity index is 1.38. The van der Waals surface area contributed by atoms with Crippen molar-refractivity contribution in [2.45, 2.75) is 6.92 Å². The zero-order chi connectivity index (χ0) is 19.2. The molecule has 4 nitrogen and oxygen atoms in total. The lowest BCUT2D eigenvalue weighted by atomic mass is 10.2. The summed E-state index contributed by atoms with van der Waals surface area (Å²) >= 11 is 0. The summed E-state index contributed by atoms with van der Waals surface area (Å²) in [6, 6.07) is 24.3. The number of nitrogens with zero attached hydrogens (tertiary/aromatic N) is 2. The predicted octanol–water partition coefficient (Wildman–Crippen LogP) is 5.37. The first-order valence-electron chi connectivity index (χ1n) is 9.58. The van der Waals surface area contributed by atoms with Crippen LogP contribution in [0.15, 0.2) is 77.8 Å². The van der Waals surface area contributed by atoms with Gasteiger partial charge in [0.05, 0.1) is 18.9 Å². The standard InChI is InChI=1S/C24H24N2O2/c1-19-4-2-3-5-24(19)28-23-12-8-21(9-13-23)25-18-20-6-10-22(11-7-20)26-14-16-27-17-15-26/h2-13,18H,14-17H2,1H3. The molecule has 1 fully saturated rings. The van der Waals surface area contributed by atoms with E-state index >= 15 is 0 Å². The number of aryl methyl sites for hydroxylation is 1. The Morgan fingerprint density at radius 1 is 0.893 bits per heavy atom. The maximum Gasteiger partial charge on any atom is 0.130 e. The monoisotopic (exact) mass is 372 g/mol. The minimum Gasteiger partial charge on any atom is -0.457 e. The first kappa shape index (κ1) is 18.3. The molecule has 28 heavy (non-hydrogen) atoms. The van der Waals surface area contributed by atoms with E-state index in [1.807, 2.05) is 61.7 Å². The molecule has 1 aliphatic rings. The number of benzene rings is 3. The summed E-state index contributed by atoms with van der Waals surface area (Å²) in [5.41, 5.74) is 4.33. The Morgan fingerprint density at radius 2 is 1.61 bits per heavy atom. The van der Waals surface area contributed by atoms with E-state index in [9.17, 15) is 0 Å². The first-order valence-corrected chi connectivity index (χ1v) is 9.58. The molecule has 142 valence electrons. The van der Waals surface area contributed by atoms with Gasteiger partial charge in [0.25, 0.3) is 0 Å². The topological polar surface area (TPSA) is 34.1 Å². The lowest BCUT2D eigenvalue weighted by Crippen LogP contribution is -2.36. The van der Waals surface area contributed by atoms with Gasteiger partial charge >= 0.3 is 0 Å². The fourth-order valence-corrected chi connectivity index (χ4v) is 3.14. The normalized spacial score (nSPS) is 14.4. The number of morpholine rings is 1. The average Bonchev–Trinajstić information content (AvgIpc) is 2.76. The van der Waals surface area contributed by atoms with Crippen molar-refractivity contribution in [1.29, 1.82) is 0 Å². The summed E-state index contributed by atoms with van der Waals surface area (Å²) in [5, 5.41) is 0. The molecule has 1 heterocycles. The van der Waals surface area contributed by atoms with Gasteiger partial charge in [-0.3, -0.25) is 4.99 Å². The Labute approximate surface area is 166 Å². The quantitative estimate of drug-likeness (QED) is 0.564. The number of hydrogen-bond donors (Lipinski definition) is 0. The van der Waals surface area contributed by atoms with E-state index in [4.69, 9.17) is 9.47 Å². The molecule has 3 aromatic carbocycles. The molecule has 4 heteroatoms. The molecule has 0 spiro atoms. The van der Waals surface area contributed by atoms with Gasteiger partial charge in [-0.1, -0.05) is 30.3 Å². The minimum atomic E-state index is 0.798. The highest BCUT2D eigenvalue weighted by Crippen LogP contribution is 2.26. The smallest absolute Gasteiger partial charge is 0.130 e. The minimum absolute atomic E-state index is 0.798. The van der Waals surface area contributed by atoms with E-state index < -0.39 is 0 Å². The van der Waals surface area contributed by atoms with Crippen LogP contribution in [-0.2, 0) is 4.74 Å². The molecule has 4 rings (SSSR count). The van der Waals surface area contributed by atoms with Gasteiger partial charge in [0, 0.05) is 25.0 Å². The van der Waals surface area contributed by atoms with Crippen molar-refractivity contribution in [3.8, 4) is 11.5 Å². The van der Waals surface area contributed by atoms with Crippen LogP contribution >= 0.6 is 0 Å². The third-order valence-electron chi connectivity index (χ3n) is 4.79. The van der Waals surface area contributed by atoms with Crippen LogP contribution in [0.3, 0.4) is 0 Å². The second-order valence-corrected chi connectivity index (χ2v) is 6.81. The zero-order valence-electron chi connectivity index (χ0n) is 16.0. The molecule has 3 aromatic rings. The van der Waals surface area contributed by atoms with Crippen molar-refractivity contribution in [3.63, 3.8) is 0 Å². The van der Waals surface area contributed by atoms with Crippen molar-refractivity contribution >= 4 is 17.6 Å². The maximum absolute atomic E-state index is 5.93. The molecule has 0 aliphatic carbocycles. The van der Waals surface area contributed by atoms with Crippen LogP contribution in [0.2, 0.25) is 0 Å². The Kier molecular flexibility index (Phi) is 5.69. The van der Waals surface area contributed by atoms with Crippen LogP contribution in [0.4, 0.5) is 11.4 Å². The van der Waals surface area contributed by atoms with Gasteiger partial charge in [0.2, 0.25) is 0 Å². The number of para-hydroxylation sites is 1. The molecule has 0 radical (unpaired) electrons. The number of anilines is 1. The van der Waals surface area contributed by atoms with Crippen LogP contribution in [0.1, 0.15) is 11.1 Å². The van der Waals surface area contributed by atoms with Gasteiger partial charge in [0.15, 0.2) is 0 Å². The summed E-state index contributed by atoms with van der Waals surface area (Å²) in [7, 11) is 0. The van der Waals surface area contributed by atoms with E-state index in [-0.39, 0.29) is 0 Å². The fraction of sp³-hybridized carbons (Fsp3) is 0.208. The number of ether oxygens (including phenoxy) is 2. The van der Waals surface area contributed by atoms with Crippen LogP contribution in [0, 0.1) is 6.92 Å². The summed E-state index contributed by atoms with van der Waals surface area (Å²) in [6.45, 7) is 5.53. The zero-order valence-corrected chi connectivity index (χ0v) is 16.0. The molecule has 0 N–H and O–H groups in total. The van der Waals surface area contributed by atoms with E-state index in [0.29, 0.717) is 0 Å². The van der Waals surface area contributed by atoms with Crippen LogP contribution in [-0.4, -0.2) is 32.5 Å². The third-order valence-corrected chi connectivity index (χ3v) is 4.79. The highest BCUT2D eigenvalue weighted by Gasteiger charge is 2.10. The number of rotatable bonds is 5. The lowest BCUT2D eigenvalue weighted by molar-refractivity contribution is 0.122. The van der Waals surface area contributed by atoms with Crippen molar-refractivity contribution in [1.82, 2.24) is 0 Å². The van der Waals surface area contributed by atoms with Crippen molar-refractivity contribution < 1.29 is 9.47 Å².